The van der Waals surface area contributed by atoms with Gasteiger partial charge in [-0.1, -0.05) is 39.5 Å². The first-order valence-electron chi connectivity index (χ1n) is 6.87. The molecule has 1 aliphatic rings. The van der Waals surface area contributed by atoms with Gasteiger partial charge in [-0.25, -0.2) is 0 Å². The lowest BCUT2D eigenvalue weighted by Crippen LogP contribution is -2.33. The topological polar surface area (TPSA) is 33.6 Å². The van der Waals surface area contributed by atoms with Gasteiger partial charge in [0.25, 0.3) is 0 Å². The molecule has 0 bridgehead atoms. The SMILES string of the molecule is COCCC(C)(C)CNC1=NCC(CC(C)C)S1. The van der Waals surface area contributed by atoms with E-state index >= 15 is 0 Å². The predicted molar refractivity (Wildman–Crippen MR) is 81.4 cm³/mol. The van der Waals surface area contributed by atoms with Gasteiger partial charge in [0.15, 0.2) is 5.17 Å². The number of aliphatic imine (C=N–C) groups is 1. The third kappa shape index (κ3) is 6.10. The van der Waals surface area contributed by atoms with Gasteiger partial charge in [-0.2, -0.15) is 0 Å². The van der Waals surface area contributed by atoms with Gasteiger partial charge in [0.2, 0.25) is 0 Å². The number of ether oxygens (including phenoxy) is 1. The van der Waals surface area contributed by atoms with Crippen molar-refractivity contribution in [1.82, 2.24) is 5.32 Å². The summed E-state index contributed by atoms with van der Waals surface area (Å²) in [4.78, 5) is 4.59. The van der Waals surface area contributed by atoms with E-state index in [1.54, 1.807) is 7.11 Å². The van der Waals surface area contributed by atoms with Crippen LogP contribution in [0.25, 0.3) is 0 Å². The van der Waals surface area contributed by atoms with Gasteiger partial charge >= 0.3 is 0 Å². The summed E-state index contributed by atoms with van der Waals surface area (Å²) in [5.41, 5.74) is 0.259. The fourth-order valence-electron chi connectivity index (χ4n) is 1.94. The lowest BCUT2D eigenvalue weighted by atomic mass is 9.90. The van der Waals surface area contributed by atoms with Gasteiger partial charge < -0.3 is 10.1 Å². The van der Waals surface area contributed by atoms with Crippen molar-refractivity contribution in [2.24, 2.45) is 16.3 Å². The third-order valence-corrected chi connectivity index (χ3v) is 4.32. The summed E-state index contributed by atoms with van der Waals surface area (Å²) in [5.74, 6) is 0.759. The second-order valence-corrected chi connectivity index (χ2v) is 7.56. The van der Waals surface area contributed by atoms with Crippen LogP contribution in [0.2, 0.25) is 0 Å². The molecule has 0 spiro atoms. The number of methoxy groups -OCH3 is 1. The van der Waals surface area contributed by atoms with Crippen LogP contribution in [0.1, 0.15) is 40.5 Å². The average Bonchev–Trinajstić information content (AvgIpc) is 2.71. The highest BCUT2D eigenvalue weighted by Gasteiger charge is 2.23. The summed E-state index contributed by atoms with van der Waals surface area (Å²) in [7, 11) is 1.76. The summed E-state index contributed by atoms with van der Waals surface area (Å²) in [6, 6.07) is 0. The molecule has 3 nitrogen and oxygen atoms in total. The molecule has 1 N–H and O–H groups in total. The Morgan fingerprint density at radius 3 is 2.83 bits per heavy atom. The molecule has 0 saturated heterocycles. The van der Waals surface area contributed by atoms with Crippen molar-refractivity contribution in [3.05, 3.63) is 0 Å². The van der Waals surface area contributed by atoms with E-state index in [0.717, 1.165) is 37.2 Å². The molecule has 0 radical (unpaired) electrons. The van der Waals surface area contributed by atoms with Gasteiger partial charge in [0.05, 0.1) is 6.54 Å². The van der Waals surface area contributed by atoms with Crippen molar-refractivity contribution in [3.63, 3.8) is 0 Å². The summed E-state index contributed by atoms with van der Waals surface area (Å²) in [5, 5.41) is 5.30. The van der Waals surface area contributed by atoms with Crippen LogP contribution in [0.15, 0.2) is 4.99 Å². The smallest absolute Gasteiger partial charge is 0.156 e. The zero-order valence-corrected chi connectivity index (χ0v) is 13.3. The van der Waals surface area contributed by atoms with E-state index in [-0.39, 0.29) is 5.41 Å². The second kappa shape index (κ2) is 7.39. The average molecular weight is 272 g/mol. The molecule has 4 heteroatoms. The molecule has 0 aromatic rings. The van der Waals surface area contributed by atoms with Crippen molar-refractivity contribution in [2.75, 3.05) is 26.8 Å². The molecule has 0 aliphatic carbocycles. The fraction of sp³-hybridized carbons (Fsp3) is 0.929. The van der Waals surface area contributed by atoms with E-state index < -0.39 is 0 Å². The van der Waals surface area contributed by atoms with Crippen LogP contribution in [0, 0.1) is 11.3 Å². The van der Waals surface area contributed by atoms with E-state index in [1.807, 2.05) is 11.8 Å². The fourth-order valence-corrected chi connectivity index (χ4v) is 3.20. The first kappa shape index (κ1) is 15.8. The van der Waals surface area contributed by atoms with Crippen molar-refractivity contribution >= 4 is 16.9 Å². The maximum Gasteiger partial charge on any atom is 0.156 e. The van der Waals surface area contributed by atoms with Crippen LogP contribution < -0.4 is 5.32 Å². The number of nitrogens with zero attached hydrogens (tertiary/aromatic N) is 1. The predicted octanol–water partition coefficient (Wildman–Crippen LogP) is 3.16. The summed E-state index contributed by atoms with van der Waals surface area (Å²) in [6.45, 7) is 11.9. The Morgan fingerprint density at radius 2 is 2.22 bits per heavy atom. The van der Waals surface area contributed by atoms with Gasteiger partial charge in [0.1, 0.15) is 0 Å². The molecule has 0 aromatic heterocycles. The summed E-state index contributed by atoms with van der Waals surface area (Å²) < 4.78 is 5.15. The maximum atomic E-state index is 5.15. The van der Waals surface area contributed by atoms with Gasteiger partial charge in [0, 0.05) is 25.5 Å². The molecule has 106 valence electrons. The number of hydrogen-bond donors (Lipinski definition) is 1. The van der Waals surface area contributed by atoms with Crippen LogP contribution in [-0.2, 0) is 4.74 Å². The Hall–Kier alpha value is -0.220. The standard InChI is InChI=1S/C14H28N2OS/c1-11(2)8-12-9-15-13(18-12)16-10-14(3,4)6-7-17-5/h11-12H,6-10H2,1-5H3,(H,15,16). The molecule has 1 rings (SSSR count). The highest BCUT2D eigenvalue weighted by Crippen LogP contribution is 2.26. The van der Waals surface area contributed by atoms with Crippen molar-refractivity contribution in [3.8, 4) is 0 Å². The van der Waals surface area contributed by atoms with E-state index in [0.29, 0.717) is 5.25 Å². The lowest BCUT2D eigenvalue weighted by Gasteiger charge is -2.25. The maximum absolute atomic E-state index is 5.15. The summed E-state index contributed by atoms with van der Waals surface area (Å²) in [6.07, 6.45) is 2.33. The quantitative estimate of drug-likeness (QED) is 0.773. The first-order valence-corrected chi connectivity index (χ1v) is 7.75. The first-order chi connectivity index (χ1) is 8.43. The number of hydrogen-bond acceptors (Lipinski definition) is 4. The molecule has 0 aromatic carbocycles. The highest BCUT2D eigenvalue weighted by atomic mass is 32.2. The molecule has 18 heavy (non-hydrogen) atoms. The largest absolute Gasteiger partial charge is 0.385 e. The van der Waals surface area contributed by atoms with Gasteiger partial charge in [-0.3, -0.25) is 4.99 Å². The van der Waals surface area contributed by atoms with Crippen LogP contribution in [0.4, 0.5) is 0 Å². The second-order valence-electron chi connectivity index (χ2n) is 6.28. The van der Waals surface area contributed by atoms with E-state index in [1.165, 1.54) is 6.42 Å². The van der Waals surface area contributed by atoms with Gasteiger partial charge in [-0.05, 0) is 24.2 Å². The van der Waals surface area contributed by atoms with E-state index in [4.69, 9.17) is 4.74 Å². The summed E-state index contributed by atoms with van der Waals surface area (Å²) >= 11 is 1.91. The number of thioether (sulfide) groups is 1. The van der Waals surface area contributed by atoms with Crippen LogP contribution in [0.5, 0.6) is 0 Å². The van der Waals surface area contributed by atoms with Crippen molar-refractivity contribution in [1.29, 1.82) is 0 Å². The minimum Gasteiger partial charge on any atom is -0.385 e. The number of rotatable bonds is 7. The molecule has 0 amide bonds. The Kier molecular flexibility index (Phi) is 6.50. The van der Waals surface area contributed by atoms with Crippen molar-refractivity contribution < 1.29 is 4.74 Å². The Morgan fingerprint density at radius 1 is 1.50 bits per heavy atom. The lowest BCUT2D eigenvalue weighted by molar-refractivity contribution is 0.153. The Labute approximate surface area is 116 Å². The number of amidine groups is 1. The zero-order valence-electron chi connectivity index (χ0n) is 12.5. The van der Waals surface area contributed by atoms with Crippen molar-refractivity contribution in [2.45, 2.75) is 45.8 Å². The minimum absolute atomic E-state index is 0.259. The third-order valence-electron chi connectivity index (χ3n) is 3.15. The minimum atomic E-state index is 0.259. The molecule has 1 aliphatic heterocycles. The molecular weight excluding hydrogens is 244 g/mol. The van der Waals surface area contributed by atoms with Crippen LogP contribution in [0.3, 0.4) is 0 Å². The highest BCUT2D eigenvalue weighted by molar-refractivity contribution is 8.14. The molecule has 1 heterocycles. The monoisotopic (exact) mass is 272 g/mol. The molecule has 1 unspecified atom stereocenters. The molecule has 0 fully saturated rings. The van der Waals surface area contributed by atoms with Gasteiger partial charge in [-0.15, -0.1) is 0 Å². The molecule has 1 atom stereocenters. The van der Waals surface area contributed by atoms with Crippen LogP contribution >= 0.6 is 11.8 Å². The van der Waals surface area contributed by atoms with Crippen LogP contribution in [-0.4, -0.2) is 37.2 Å². The zero-order chi connectivity index (χ0) is 13.6. The molecular formula is C14H28N2OS. The van der Waals surface area contributed by atoms with E-state index in [2.05, 4.69) is 38.0 Å². The molecule has 0 saturated carbocycles. The Bertz CT molecular complexity index is 277. The normalized spacial score (nSPS) is 20.3. The van der Waals surface area contributed by atoms with E-state index in [9.17, 15) is 0 Å². The Balaban J connectivity index is 2.24. The number of nitrogens with one attached hydrogen (secondary N) is 1.